The summed E-state index contributed by atoms with van der Waals surface area (Å²) in [5.41, 5.74) is 0. The largest absolute Gasteiger partial charge is 0.394 e. The van der Waals surface area contributed by atoms with E-state index >= 15 is 0 Å². The van der Waals surface area contributed by atoms with E-state index in [4.69, 9.17) is 10.2 Å². The van der Waals surface area contributed by atoms with Gasteiger partial charge in [0.1, 0.15) is 48.8 Å². The highest BCUT2D eigenvalue weighted by atomic mass is 16.4. The van der Waals surface area contributed by atoms with Gasteiger partial charge >= 0.3 is 0 Å². The van der Waals surface area contributed by atoms with Crippen LogP contribution in [0.3, 0.4) is 0 Å². The highest BCUT2D eigenvalue weighted by Gasteiger charge is 2.36. The van der Waals surface area contributed by atoms with Crippen molar-refractivity contribution < 1.29 is 65.1 Å². The van der Waals surface area contributed by atoms with E-state index < -0.39 is 73.6 Å². The Morgan fingerprint density at radius 1 is 0.396 bits per heavy atom. The number of carbonyl (C=O) groups excluding carboxylic acids is 2. The van der Waals surface area contributed by atoms with Gasteiger partial charge < -0.3 is 55.5 Å². The Labute approximate surface area is 319 Å². The van der Waals surface area contributed by atoms with Gasteiger partial charge in [0.15, 0.2) is 11.6 Å². The summed E-state index contributed by atoms with van der Waals surface area (Å²) in [6, 6.07) is 0. The lowest BCUT2D eigenvalue weighted by molar-refractivity contribution is -0.929. The number of Topliss-reactive ketones (excluding diaryl/α,β-unsaturated/α-hetero) is 2. The predicted molar refractivity (Wildman–Crippen MR) is 205 cm³/mol. The second-order valence-electron chi connectivity index (χ2n) is 15.4. The number of aliphatic hydroxyl groups excluding tert-OH is 10. The molecule has 13 nitrogen and oxygen atoms in total. The molecule has 0 rings (SSSR count). The van der Waals surface area contributed by atoms with Gasteiger partial charge in [-0.15, -0.1) is 0 Å². The molecule has 0 spiro atoms. The van der Waals surface area contributed by atoms with Crippen LogP contribution in [0.15, 0.2) is 0 Å². The van der Waals surface area contributed by atoms with E-state index in [0.717, 1.165) is 58.0 Å². The molecule has 0 bridgehead atoms. The Morgan fingerprint density at radius 3 is 0.943 bits per heavy atom. The van der Waals surface area contributed by atoms with Crippen LogP contribution in [0.1, 0.15) is 155 Å². The molecule has 0 unspecified atom stereocenters. The number of nitrogens with zero attached hydrogens (tertiary/aromatic N) is 1. The van der Waals surface area contributed by atoms with Crippen LogP contribution in [0.4, 0.5) is 0 Å². The maximum absolute atomic E-state index is 12.9. The fraction of sp³-hybridized carbons (Fsp3) is 0.950. The normalized spacial score (nSPS) is 16.8. The highest BCUT2D eigenvalue weighted by Crippen LogP contribution is 2.21. The molecule has 316 valence electrons. The van der Waals surface area contributed by atoms with Crippen molar-refractivity contribution in [3.05, 3.63) is 0 Å². The van der Waals surface area contributed by atoms with Gasteiger partial charge in [-0.25, -0.2) is 0 Å². The molecule has 0 saturated carbocycles. The van der Waals surface area contributed by atoms with Gasteiger partial charge in [-0.1, -0.05) is 104 Å². The fourth-order valence-corrected chi connectivity index (χ4v) is 7.09. The number of hydrogen-bond donors (Lipinski definition) is 10. The van der Waals surface area contributed by atoms with Crippen LogP contribution >= 0.6 is 0 Å². The summed E-state index contributed by atoms with van der Waals surface area (Å²) in [6.45, 7) is 5.40. The van der Waals surface area contributed by atoms with Crippen LogP contribution in [-0.2, 0) is 9.59 Å². The molecule has 0 aromatic rings. The Morgan fingerprint density at radius 2 is 0.660 bits per heavy atom. The van der Waals surface area contributed by atoms with E-state index in [1.54, 1.807) is 0 Å². The molecule has 53 heavy (non-hydrogen) atoms. The number of quaternary nitrogens is 1. The van der Waals surface area contributed by atoms with Crippen molar-refractivity contribution in [1.29, 1.82) is 0 Å². The average Bonchev–Trinajstić information content (AvgIpc) is 3.16. The highest BCUT2D eigenvalue weighted by molar-refractivity contribution is 5.83. The first-order valence-electron chi connectivity index (χ1n) is 20.9. The molecule has 0 saturated heterocycles. The number of aliphatic hydroxyl groups is 10. The Balaban J connectivity index is 5.74. The number of rotatable bonds is 38. The molecule has 0 radical (unpaired) electrons. The third kappa shape index (κ3) is 22.9. The van der Waals surface area contributed by atoms with Gasteiger partial charge in [0, 0.05) is 25.7 Å². The van der Waals surface area contributed by atoms with Crippen molar-refractivity contribution in [2.75, 3.05) is 39.4 Å². The zero-order valence-electron chi connectivity index (χ0n) is 33.2. The first-order chi connectivity index (χ1) is 25.3. The van der Waals surface area contributed by atoms with Crippen molar-refractivity contribution in [3.8, 4) is 0 Å². The smallest absolute Gasteiger partial charge is 0.164 e. The molecule has 10 N–H and O–H groups in total. The van der Waals surface area contributed by atoms with E-state index in [-0.39, 0.29) is 12.8 Å². The van der Waals surface area contributed by atoms with Crippen molar-refractivity contribution in [3.63, 3.8) is 0 Å². The van der Waals surface area contributed by atoms with Crippen molar-refractivity contribution >= 4 is 11.6 Å². The molecule has 0 amide bonds. The minimum absolute atomic E-state index is 0.0927. The molecule has 0 fully saturated rings. The lowest BCUT2D eigenvalue weighted by atomic mass is 9.97. The SMILES string of the molecule is CCCCCCCCCCCC[N+](CCCCCCCCCC)(CCCC(=O)[C@H](O)[C@@H](O)[C@H](O)[C@H](O)CO)CCCC(=O)[C@H](O)[C@@H](O)[C@H](O)[C@H](O)CO. The Hall–Kier alpha value is -1.10. The monoisotopic (exact) mass is 767 g/mol. The summed E-state index contributed by atoms with van der Waals surface area (Å²) >= 11 is 0. The lowest BCUT2D eigenvalue weighted by Crippen LogP contribution is -2.52. The Bertz CT molecular complexity index is 850. The van der Waals surface area contributed by atoms with Gasteiger partial charge in [0.05, 0.1) is 39.4 Å². The van der Waals surface area contributed by atoms with Gasteiger partial charge in [0.2, 0.25) is 0 Å². The van der Waals surface area contributed by atoms with Crippen LogP contribution < -0.4 is 0 Å². The van der Waals surface area contributed by atoms with Crippen LogP contribution in [0.25, 0.3) is 0 Å². The number of carbonyl (C=O) groups is 2. The molecule has 0 aromatic heterocycles. The van der Waals surface area contributed by atoms with Crippen LogP contribution in [0.5, 0.6) is 0 Å². The molecular weight excluding hydrogens is 686 g/mol. The fourth-order valence-electron chi connectivity index (χ4n) is 7.09. The summed E-state index contributed by atoms with van der Waals surface area (Å²) in [6.07, 6.45) is 6.36. The second kappa shape index (κ2) is 32.0. The maximum atomic E-state index is 12.9. The second-order valence-corrected chi connectivity index (χ2v) is 15.4. The molecule has 0 aromatic carbocycles. The summed E-state index contributed by atoms with van der Waals surface area (Å²) in [4.78, 5) is 25.8. The maximum Gasteiger partial charge on any atom is 0.164 e. The molecule has 13 heteroatoms. The minimum atomic E-state index is -1.96. The first-order valence-corrected chi connectivity index (χ1v) is 20.9. The predicted octanol–water partition coefficient (Wildman–Crippen LogP) is 2.44. The molecule has 0 aliphatic rings. The zero-order chi connectivity index (χ0) is 40.1. The average molecular weight is 767 g/mol. The molecular formula is C40H80NO12+. The molecule has 0 aliphatic heterocycles. The Kier molecular flexibility index (Phi) is 31.4. The quantitative estimate of drug-likeness (QED) is 0.0322. The van der Waals surface area contributed by atoms with E-state index in [9.17, 15) is 50.4 Å². The van der Waals surface area contributed by atoms with Crippen LogP contribution in [-0.4, -0.2) is 155 Å². The standard InChI is InChI=1S/C40H80NO12/c1-3-5-7-9-11-13-14-16-18-20-26-41(25-19-17-15-12-10-8-6-4-2,27-21-23-31(44)35(48)39(52)37(50)33(46)29-42)28-22-24-32(45)36(49)40(53)38(51)34(47)30-43/h33-40,42-43,46-53H,3-30H2,1-2H3/q+1/t33-,34-,35+,36+,37-,38-,39-,40-/m1/s1. The number of unbranched alkanes of at least 4 members (excludes halogenated alkanes) is 16. The summed E-state index contributed by atoms with van der Waals surface area (Å²) < 4.78 is 0.600. The van der Waals surface area contributed by atoms with E-state index in [2.05, 4.69) is 13.8 Å². The third-order valence-corrected chi connectivity index (χ3v) is 10.8. The summed E-state index contributed by atoms with van der Waals surface area (Å²) in [5.74, 6) is -1.39. The van der Waals surface area contributed by atoms with Crippen LogP contribution in [0, 0.1) is 0 Å². The number of ketones is 2. The molecule has 0 aliphatic carbocycles. The van der Waals surface area contributed by atoms with E-state index in [1.165, 1.54) is 70.6 Å². The summed E-state index contributed by atoms with van der Waals surface area (Å²) in [7, 11) is 0. The van der Waals surface area contributed by atoms with Gasteiger partial charge in [-0.3, -0.25) is 9.59 Å². The summed E-state index contributed by atoms with van der Waals surface area (Å²) in [5, 5.41) is 98.8. The zero-order valence-corrected chi connectivity index (χ0v) is 33.2. The molecule has 8 atom stereocenters. The van der Waals surface area contributed by atoms with E-state index in [1.807, 2.05) is 0 Å². The minimum Gasteiger partial charge on any atom is -0.394 e. The van der Waals surface area contributed by atoms with Crippen molar-refractivity contribution in [1.82, 2.24) is 0 Å². The van der Waals surface area contributed by atoms with Gasteiger partial charge in [0.25, 0.3) is 0 Å². The van der Waals surface area contributed by atoms with Crippen molar-refractivity contribution in [2.24, 2.45) is 0 Å². The van der Waals surface area contributed by atoms with Crippen molar-refractivity contribution in [2.45, 2.75) is 204 Å². The third-order valence-electron chi connectivity index (χ3n) is 10.8. The molecule has 0 heterocycles. The number of hydrogen-bond acceptors (Lipinski definition) is 12. The van der Waals surface area contributed by atoms with Crippen LogP contribution in [0.2, 0.25) is 0 Å². The lowest BCUT2D eigenvalue weighted by Gasteiger charge is -2.40. The topological polar surface area (TPSA) is 236 Å². The van der Waals surface area contributed by atoms with Gasteiger partial charge in [-0.2, -0.15) is 0 Å². The van der Waals surface area contributed by atoms with Gasteiger partial charge in [-0.05, 0) is 25.7 Å². The van der Waals surface area contributed by atoms with E-state index in [0.29, 0.717) is 30.4 Å². The first kappa shape index (κ1) is 51.9.